The maximum absolute atomic E-state index is 13.1. The number of methoxy groups -OCH3 is 1. The van der Waals surface area contributed by atoms with Crippen LogP contribution in [0.2, 0.25) is 0 Å². The SMILES string of the molecule is COCc1c(C(=O)N2C[C@@H](C)[C@](C)(CN)C2)cnn1-c1ccccc1. The molecule has 0 spiro atoms. The van der Waals surface area contributed by atoms with Crippen molar-refractivity contribution >= 4 is 5.91 Å². The first kappa shape index (κ1) is 17.6. The number of nitrogens with zero attached hydrogens (tertiary/aromatic N) is 3. The minimum atomic E-state index is -0.0352. The lowest BCUT2D eigenvalue weighted by Crippen LogP contribution is -2.36. The van der Waals surface area contributed by atoms with Gasteiger partial charge < -0.3 is 15.4 Å². The Morgan fingerprint density at radius 3 is 2.72 bits per heavy atom. The molecule has 2 aromatic rings. The molecule has 25 heavy (non-hydrogen) atoms. The lowest BCUT2D eigenvalue weighted by atomic mass is 9.81. The second-order valence-electron chi connectivity index (χ2n) is 7.13. The first-order valence-corrected chi connectivity index (χ1v) is 8.61. The van der Waals surface area contributed by atoms with E-state index in [1.54, 1.807) is 18.0 Å². The van der Waals surface area contributed by atoms with E-state index in [2.05, 4.69) is 18.9 Å². The van der Waals surface area contributed by atoms with E-state index in [1.807, 2.05) is 35.2 Å². The molecule has 2 heterocycles. The first-order valence-electron chi connectivity index (χ1n) is 8.61. The Kier molecular flexibility index (Phi) is 4.92. The Morgan fingerprint density at radius 2 is 2.12 bits per heavy atom. The van der Waals surface area contributed by atoms with Gasteiger partial charge >= 0.3 is 0 Å². The number of hydrogen-bond donors (Lipinski definition) is 1. The molecule has 0 unspecified atom stereocenters. The molecule has 3 rings (SSSR count). The van der Waals surface area contributed by atoms with Crippen molar-refractivity contribution in [1.82, 2.24) is 14.7 Å². The number of amides is 1. The fraction of sp³-hybridized carbons (Fsp3) is 0.474. The van der Waals surface area contributed by atoms with Crippen molar-refractivity contribution in [2.45, 2.75) is 20.5 Å². The molecule has 6 nitrogen and oxygen atoms in total. The lowest BCUT2D eigenvalue weighted by molar-refractivity contribution is 0.0771. The zero-order valence-electron chi connectivity index (χ0n) is 15.1. The molecule has 0 bridgehead atoms. The van der Waals surface area contributed by atoms with Gasteiger partial charge in [0.1, 0.15) is 0 Å². The highest BCUT2D eigenvalue weighted by Gasteiger charge is 2.41. The molecule has 134 valence electrons. The minimum Gasteiger partial charge on any atom is -0.378 e. The van der Waals surface area contributed by atoms with Gasteiger partial charge in [0.25, 0.3) is 5.91 Å². The molecule has 1 aromatic carbocycles. The Bertz CT molecular complexity index is 743. The van der Waals surface area contributed by atoms with Crippen LogP contribution < -0.4 is 5.73 Å². The normalized spacial score (nSPS) is 23.2. The molecule has 6 heteroatoms. The molecule has 1 aliphatic heterocycles. The number of carbonyl (C=O) groups excluding carboxylic acids is 1. The zero-order chi connectivity index (χ0) is 18.0. The highest BCUT2D eigenvalue weighted by atomic mass is 16.5. The lowest BCUT2D eigenvalue weighted by Gasteiger charge is -2.25. The summed E-state index contributed by atoms with van der Waals surface area (Å²) in [5.41, 5.74) is 8.19. The molecular weight excluding hydrogens is 316 g/mol. The summed E-state index contributed by atoms with van der Waals surface area (Å²) in [4.78, 5) is 15.0. The number of benzene rings is 1. The molecule has 1 fully saturated rings. The van der Waals surface area contributed by atoms with Crippen molar-refractivity contribution in [3.8, 4) is 5.69 Å². The fourth-order valence-electron chi connectivity index (χ4n) is 3.42. The molecule has 1 amide bonds. The second-order valence-corrected chi connectivity index (χ2v) is 7.13. The Labute approximate surface area is 148 Å². The highest BCUT2D eigenvalue weighted by Crippen LogP contribution is 2.35. The second kappa shape index (κ2) is 6.98. The van der Waals surface area contributed by atoms with Crippen molar-refractivity contribution < 1.29 is 9.53 Å². The minimum absolute atomic E-state index is 0.00161. The van der Waals surface area contributed by atoms with Crippen LogP contribution in [0.15, 0.2) is 36.5 Å². The number of ether oxygens (including phenoxy) is 1. The van der Waals surface area contributed by atoms with Gasteiger partial charge in [0, 0.05) is 25.6 Å². The standard InChI is InChI=1S/C19H26N4O2/c1-14-10-22(13-19(14,2)12-20)18(24)16-9-21-23(17(16)11-25-3)15-7-5-4-6-8-15/h4-9,14H,10-13,20H2,1-3H3/t14-,19-/m1/s1. The third-order valence-electron chi connectivity index (χ3n) is 5.37. The fourth-order valence-corrected chi connectivity index (χ4v) is 3.42. The summed E-state index contributed by atoms with van der Waals surface area (Å²) in [6.45, 7) is 6.60. The molecule has 0 saturated carbocycles. The number of rotatable bonds is 5. The largest absolute Gasteiger partial charge is 0.378 e. The van der Waals surface area contributed by atoms with E-state index in [9.17, 15) is 4.79 Å². The quantitative estimate of drug-likeness (QED) is 0.903. The van der Waals surface area contributed by atoms with Gasteiger partial charge in [-0.25, -0.2) is 4.68 Å². The smallest absolute Gasteiger partial charge is 0.257 e. The van der Waals surface area contributed by atoms with E-state index in [0.29, 0.717) is 31.2 Å². The van der Waals surface area contributed by atoms with Gasteiger partial charge in [0.15, 0.2) is 0 Å². The number of aromatic nitrogens is 2. The van der Waals surface area contributed by atoms with Gasteiger partial charge in [-0.15, -0.1) is 0 Å². The van der Waals surface area contributed by atoms with E-state index >= 15 is 0 Å². The molecule has 1 saturated heterocycles. The number of para-hydroxylation sites is 1. The summed E-state index contributed by atoms with van der Waals surface area (Å²) in [5, 5.41) is 4.44. The van der Waals surface area contributed by atoms with Crippen LogP contribution in [0.25, 0.3) is 5.69 Å². The van der Waals surface area contributed by atoms with Crippen LogP contribution in [0.3, 0.4) is 0 Å². The van der Waals surface area contributed by atoms with Crippen LogP contribution in [0.4, 0.5) is 0 Å². The summed E-state index contributed by atoms with van der Waals surface area (Å²) >= 11 is 0. The number of nitrogens with two attached hydrogens (primary N) is 1. The summed E-state index contributed by atoms with van der Waals surface area (Å²) < 4.78 is 7.11. The monoisotopic (exact) mass is 342 g/mol. The third-order valence-corrected chi connectivity index (χ3v) is 5.37. The van der Waals surface area contributed by atoms with Crippen LogP contribution in [-0.4, -0.2) is 47.3 Å². The van der Waals surface area contributed by atoms with Crippen LogP contribution in [0.1, 0.15) is 29.9 Å². The van der Waals surface area contributed by atoms with E-state index in [-0.39, 0.29) is 11.3 Å². The molecule has 1 aliphatic rings. The highest BCUT2D eigenvalue weighted by molar-refractivity contribution is 5.95. The number of hydrogen-bond acceptors (Lipinski definition) is 4. The number of carbonyl (C=O) groups is 1. The molecule has 2 atom stereocenters. The van der Waals surface area contributed by atoms with E-state index < -0.39 is 0 Å². The van der Waals surface area contributed by atoms with Gasteiger partial charge in [-0.05, 0) is 24.6 Å². The Morgan fingerprint density at radius 1 is 1.40 bits per heavy atom. The van der Waals surface area contributed by atoms with Crippen molar-refractivity contribution in [2.24, 2.45) is 17.1 Å². The van der Waals surface area contributed by atoms with Crippen molar-refractivity contribution in [3.05, 3.63) is 47.8 Å². The predicted molar refractivity (Wildman–Crippen MR) is 96.5 cm³/mol. The third kappa shape index (κ3) is 3.19. The van der Waals surface area contributed by atoms with Crippen molar-refractivity contribution in [3.63, 3.8) is 0 Å². The Balaban J connectivity index is 1.92. The molecule has 0 radical (unpaired) electrons. The maximum Gasteiger partial charge on any atom is 0.257 e. The van der Waals surface area contributed by atoms with Crippen LogP contribution in [0.5, 0.6) is 0 Å². The average molecular weight is 342 g/mol. The van der Waals surface area contributed by atoms with Crippen LogP contribution in [0, 0.1) is 11.3 Å². The summed E-state index contributed by atoms with van der Waals surface area (Å²) in [6.07, 6.45) is 1.65. The van der Waals surface area contributed by atoms with Crippen LogP contribution in [-0.2, 0) is 11.3 Å². The summed E-state index contributed by atoms with van der Waals surface area (Å²) in [6, 6.07) is 9.77. The summed E-state index contributed by atoms with van der Waals surface area (Å²) in [7, 11) is 1.63. The molecule has 1 aromatic heterocycles. The van der Waals surface area contributed by atoms with E-state index in [1.165, 1.54) is 0 Å². The van der Waals surface area contributed by atoms with Gasteiger partial charge in [-0.3, -0.25) is 4.79 Å². The Hall–Kier alpha value is -2.18. The molecule has 0 aliphatic carbocycles. The van der Waals surface area contributed by atoms with Crippen molar-refractivity contribution in [2.75, 3.05) is 26.7 Å². The van der Waals surface area contributed by atoms with Crippen molar-refractivity contribution in [1.29, 1.82) is 0 Å². The first-order chi connectivity index (χ1) is 12.0. The molecular formula is C19H26N4O2. The average Bonchev–Trinajstić information content (AvgIpc) is 3.17. The van der Waals surface area contributed by atoms with Gasteiger partial charge in [-0.1, -0.05) is 32.0 Å². The van der Waals surface area contributed by atoms with E-state index in [4.69, 9.17) is 10.5 Å². The van der Waals surface area contributed by atoms with Gasteiger partial charge in [0.2, 0.25) is 0 Å². The van der Waals surface area contributed by atoms with E-state index in [0.717, 1.165) is 17.9 Å². The summed E-state index contributed by atoms with van der Waals surface area (Å²) in [5.74, 6) is 0.370. The molecule has 2 N–H and O–H groups in total. The predicted octanol–water partition coefficient (Wildman–Crippen LogP) is 2.08. The zero-order valence-corrected chi connectivity index (χ0v) is 15.1. The number of likely N-dealkylation sites (tertiary alicyclic amines) is 1. The topological polar surface area (TPSA) is 73.4 Å². The maximum atomic E-state index is 13.1. The van der Waals surface area contributed by atoms with Crippen LogP contribution >= 0.6 is 0 Å². The van der Waals surface area contributed by atoms with Gasteiger partial charge in [0.05, 0.1) is 29.7 Å². The van der Waals surface area contributed by atoms with Gasteiger partial charge in [-0.2, -0.15) is 5.10 Å².